The van der Waals surface area contributed by atoms with Crippen LogP contribution in [-0.2, 0) is 4.79 Å². The molecule has 2 saturated carbocycles. The minimum atomic E-state index is -0.219. The first-order chi connectivity index (χ1) is 10.1. The van der Waals surface area contributed by atoms with Crippen molar-refractivity contribution in [1.29, 1.82) is 0 Å². The van der Waals surface area contributed by atoms with E-state index in [2.05, 4.69) is 42.3 Å². The van der Waals surface area contributed by atoms with E-state index in [9.17, 15) is 4.79 Å². The molecule has 0 radical (unpaired) electrons. The normalized spacial score (nSPS) is 27.8. The molecule has 1 spiro atoms. The number of nitrogens with zero attached hydrogens (tertiary/aromatic N) is 1. The van der Waals surface area contributed by atoms with Crippen LogP contribution in [0.4, 0.5) is 0 Å². The quantitative estimate of drug-likeness (QED) is 0.904. The summed E-state index contributed by atoms with van der Waals surface area (Å²) in [6.45, 7) is 4.29. The molecule has 1 N–H and O–H groups in total. The standard InChI is InChI=1S/C18H24N2O/c1-12-7-8-13(2)15(11-12)16-19-18(9-10-18)17(21)20(16)14-5-3-4-6-14/h7-8,11,14,16,19H,3-6,9-10H2,1-2H3. The van der Waals surface area contributed by atoms with Gasteiger partial charge in [-0.25, -0.2) is 0 Å². The molecule has 112 valence electrons. The molecule has 4 rings (SSSR count). The Labute approximate surface area is 126 Å². The van der Waals surface area contributed by atoms with Crippen molar-refractivity contribution >= 4 is 5.91 Å². The second-order valence-electron chi connectivity index (χ2n) is 7.14. The predicted molar refractivity (Wildman–Crippen MR) is 82.9 cm³/mol. The molecule has 21 heavy (non-hydrogen) atoms. The summed E-state index contributed by atoms with van der Waals surface area (Å²) >= 11 is 0. The van der Waals surface area contributed by atoms with E-state index in [1.165, 1.54) is 42.4 Å². The molecule has 3 nitrogen and oxygen atoms in total. The van der Waals surface area contributed by atoms with Gasteiger partial charge < -0.3 is 4.90 Å². The van der Waals surface area contributed by atoms with Crippen LogP contribution in [0.25, 0.3) is 0 Å². The summed E-state index contributed by atoms with van der Waals surface area (Å²) in [4.78, 5) is 15.1. The Morgan fingerprint density at radius 3 is 2.57 bits per heavy atom. The zero-order valence-electron chi connectivity index (χ0n) is 13.0. The van der Waals surface area contributed by atoms with Gasteiger partial charge in [-0.1, -0.05) is 36.6 Å². The van der Waals surface area contributed by atoms with Gasteiger partial charge >= 0.3 is 0 Å². The largest absolute Gasteiger partial charge is 0.318 e. The molecule has 1 heterocycles. The highest BCUT2D eigenvalue weighted by atomic mass is 16.2. The Balaban J connectivity index is 1.74. The fourth-order valence-electron chi connectivity index (χ4n) is 4.08. The maximum absolute atomic E-state index is 12.9. The third-order valence-corrected chi connectivity index (χ3v) is 5.53. The van der Waals surface area contributed by atoms with Crippen LogP contribution in [0.3, 0.4) is 0 Å². The van der Waals surface area contributed by atoms with Gasteiger partial charge in [-0.15, -0.1) is 0 Å². The molecule has 1 amide bonds. The third kappa shape index (κ3) is 2.02. The SMILES string of the molecule is Cc1ccc(C)c(C2NC3(CC3)C(=O)N2C2CCCC2)c1. The second-order valence-corrected chi connectivity index (χ2v) is 7.14. The number of benzene rings is 1. The van der Waals surface area contributed by atoms with E-state index in [1.807, 2.05) is 0 Å². The van der Waals surface area contributed by atoms with Crippen molar-refractivity contribution in [2.24, 2.45) is 0 Å². The number of amides is 1. The number of hydrogen-bond donors (Lipinski definition) is 1. The van der Waals surface area contributed by atoms with Gasteiger partial charge in [0, 0.05) is 6.04 Å². The Kier molecular flexibility index (Phi) is 2.90. The van der Waals surface area contributed by atoms with E-state index in [4.69, 9.17) is 0 Å². The topological polar surface area (TPSA) is 32.3 Å². The van der Waals surface area contributed by atoms with E-state index >= 15 is 0 Å². The maximum atomic E-state index is 12.9. The molecule has 0 bridgehead atoms. The molecule has 0 aromatic heterocycles. The lowest BCUT2D eigenvalue weighted by molar-refractivity contribution is -0.133. The Morgan fingerprint density at radius 2 is 1.90 bits per heavy atom. The summed E-state index contributed by atoms with van der Waals surface area (Å²) in [5, 5.41) is 3.68. The van der Waals surface area contributed by atoms with Crippen LogP contribution in [0.2, 0.25) is 0 Å². The number of rotatable bonds is 2. The van der Waals surface area contributed by atoms with Crippen molar-refractivity contribution in [3.8, 4) is 0 Å². The lowest BCUT2D eigenvalue weighted by atomic mass is 10.0. The second kappa shape index (κ2) is 4.57. The number of aryl methyl sites for hydroxylation is 2. The van der Waals surface area contributed by atoms with Crippen molar-refractivity contribution < 1.29 is 4.79 Å². The van der Waals surface area contributed by atoms with Gasteiger partial charge in [-0.3, -0.25) is 10.1 Å². The third-order valence-electron chi connectivity index (χ3n) is 5.53. The first-order valence-corrected chi connectivity index (χ1v) is 8.28. The van der Waals surface area contributed by atoms with E-state index in [1.54, 1.807) is 0 Å². The minimum absolute atomic E-state index is 0.0861. The Morgan fingerprint density at radius 1 is 1.19 bits per heavy atom. The Bertz CT molecular complexity index is 585. The zero-order valence-corrected chi connectivity index (χ0v) is 13.0. The van der Waals surface area contributed by atoms with Crippen LogP contribution < -0.4 is 5.32 Å². The predicted octanol–water partition coefficient (Wildman–Crippen LogP) is 3.21. The van der Waals surface area contributed by atoms with Crippen LogP contribution >= 0.6 is 0 Å². The van der Waals surface area contributed by atoms with Crippen molar-refractivity contribution in [1.82, 2.24) is 10.2 Å². The fraction of sp³-hybridized carbons (Fsp3) is 0.611. The summed E-state index contributed by atoms with van der Waals surface area (Å²) in [5.74, 6) is 0.361. The monoisotopic (exact) mass is 284 g/mol. The van der Waals surface area contributed by atoms with Crippen LogP contribution in [-0.4, -0.2) is 22.4 Å². The smallest absolute Gasteiger partial charge is 0.244 e. The molecule has 1 aromatic carbocycles. The van der Waals surface area contributed by atoms with Gasteiger partial charge in [0.05, 0.1) is 0 Å². The number of carbonyl (C=O) groups is 1. The van der Waals surface area contributed by atoms with Gasteiger partial charge in [0.1, 0.15) is 11.7 Å². The highest BCUT2D eigenvalue weighted by Gasteiger charge is 2.60. The summed E-state index contributed by atoms with van der Waals surface area (Å²) in [6.07, 6.45) is 6.98. The average molecular weight is 284 g/mol. The van der Waals surface area contributed by atoms with E-state index < -0.39 is 0 Å². The summed E-state index contributed by atoms with van der Waals surface area (Å²) < 4.78 is 0. The van der Waals surface area contributed by atoms with Crippen LogP contribution in [0.15, 0.2) is 18.2 Å². The fourth-order valence-corrected chi connectivity index (χ4v) is 4.08. The molecule has 3 aliphatic rings. The molecular formula is C18H24N2O. The number of carbonyl (C=O) groups excluding carboxylic acids is 1. The zero-order chi connectivity index (χ0) is 14.6. The molecule has 1 aliphatic heterocycles. The summed E-state index contributed by atoms with van der Waals surface area (Å²) in [6, 6.07) is 7.03. The minimum Gasteiger partial charge on any atom is -0.318 e. The van der Waals surface area contributed by atoms with Gasteiger partial charge in [-0.05, 0) is 50.7 Å². The Hall–Kier alpha value is -1.35. The van der Waals surface area contributed by atoms with E-state index in [0.29, 0.717) is 11.9 Å². The lowest BCUT2D eigenvalue weighted by Gasteiger charge is -2.31. The first-order valence-electron chi connectivity index (χ1n) is 8.28. The summed E-state index contributed by atoms with van der Waals surface area (Å²) in [7, 11) is 0. The molecule has 1 aromatic rings. The molecule has 3 fully saturated rings. The first kappa shape index (κ1) is 13.3. The molecule has 1 atom stereocenters. The van der Waals surface area contributed by atoms with Crippen molar-refractivity contribution in [3.63, 3.8) is 0 Å². The highest BCUT2D eigenvalue weighted by molar-refractivity contribution is 5.92. The van der Waals surface area contributed by atoms with Crippen LogP contribution in [0, 0.1) is 13.8 Å². The average Bonchev–Trinajstić information content (AvgIpc) is 2.93. The molecule has 3 heteroatoms. The molecule has 1 unspecified atom stereocenters. The number of nitrogens with one attached hydrogen (secondary N) is 1. The van der Waals surface area contributed by atoms with Gasteiger partial charge in [-0.2, -0.15) is 0 Å². The molecular weight excluding hydrogens is 260 g/mol. The van der Waals surface area contributed by atoms with E-state index in [-0.39, 0.29) is 11.7 Å². The lowest BCUT2D eigenvalue weighted by Crippen LogP contribution is -2.39. The van der Waals surface area contributed by atoms with Crippen molar-refractivity contribution in [3.05, 3.63) is 34.9 Å². The van der Waals surface area contributed by atoms with Crippen LogP contribution in [0.5, 0.6) is 0 Å². The van der Waals surface area contributed by atoms with Gasteiger partial charge in [0.15, 0.2) is 0 Å². The van der Waals surface area contributed by atoms with Crippen molar-refractivity contribution in [2.75, 3.05) is 0 Å². The van der Waals surface area contributed by atoms with Gasteiger partial charge in [0.25, 0.3) is 0 Å². The van der Waals surface area contributed by atoms with Crippen LogP contribution in [0.1, 0.15) is 61.4 Å². The van der Waals surface area contributed by atoms with Crippen molar-refractivity contribution in [2.45, 2.75) is 70.1 Å². The van der Waals surface area contributed by atoms with E-state index in [0.717, 1.165) is 12.8 Å². The highest BCUT2D eigenvalue weighted by Crippen LogP contribution is 2.48. The summed E-state index contributed by atoms with van der Waals surface area (Å²) in [5.41, 5.74) is 3.63. The number of hydrogen-bond acceptors (Lipinski definition) is 2. The van der Waals surface area contributed by atoms with Gasteiger partial charge in [0.2, 0.25) is 5.91 Å². The maximum Gasteiger partial charge on any atom is 0.244 e. The molecule has 2 aliphatic carbocycles. The molecule has 1 saturated heterocycles.